The number of amides is 5. The van der Waals surface area contributed by atoms with Gasteiger partial charge in [0.15, 0.2) is 5.78 Å². The van der Waals surface area contributed by atoms with Gasteiger partial charge in [0.1, 0.15) is 12.1 Å². The number of hydrogen-bond acceptors (Lipinski definition) is 6. The largest absolute Gasteiger partial charge is 0.363 e. The second kappa shape index (κ2) is 12.9. The molecule has 0 aromatic rings. The van der Waals surface area contributed by atoms with Gasteiger partial charge in [-0.05, 0) is 56.3 Å². The molecule has 3 rings (SSSR count). The van der Waals surface area contributed by atoms with Crippen LogP contribution in [0.4, 0.5) is 4.79 Å². The fraction of sp³-hybridized carbons (Fsp3) is 0.758. The Bertz CT molecular complexity index is 1210. The van der Waals surface area contributed by atoms with Crippen molar-refractivity contribution in [1.29, 1.82) is 0 Å². The summed E-state index contributed by atoms with van der Waals surface area (Å²) in [6.45, 7) is 14.9. The van der Waals surface area contributed by atoms with Crippen LogP contribution in [0.25, 0.3) is 0 Å². The zero-order valence-corrected chi connectivity index (χ0v) is 27.5. The first-order valence-electron chi connectivity index (χ1n) is 15.7. The molecule has 0 aromatic heterocycles. The van der Waals surface area contributed by atoms with E-state index in [2.05, 4.69) is 21.9 Å². The average Bonchev–Trinajstić information content (AvgIpc) is 3.85. The lowest BCUT2D eigenvalue weighted by Crippen LogP contribution is -2.62. The van der Waals surface area contributed by atoms with E-state index in [1.807, 2.05) is 34.6 Å². The highest BCUT2D eigenvalue weighted by Gasteiger charge is 2.51. The van der Waals surface area contributed by atoms with Gasteiger partial charge in [-0.15, -0.1) is 12.3 Å². The number of urea groups is 1. The van der Waals surface area contributed by atoms with Crippen molar-refractivity contribution in [2.75, 3.05) is 6.54 Å². The Labute approximate surface area is 261 Å². The Morgan fingerprint density at radius 1 is 0.841 bits per heavy atom. The Morgan fingerprint density at radius 3 is 1.84 bits per heavy atom. The molecule has 244 valence electrons. The number of carbonyl (C=O) groups is 6. The van der Waals surface area contributed by atoms with Crippen molar-refractivity contribution in [3.8, 4) is 12.3 Å². The van der Waals surface area contributed by atoms with Crippen molar-refractivity contribution in [3.63, 3.8) is 0 Å². The van der Waals surface area contributed by atoms with E-state index in [-0.39, 0.29) is 30.6 Å². The van der Waals surface area contributed by atoms with Crippen LogP contribution in [-0.4, -0.2) is 70.9 Å². The van der Waals surface area contributed by atoms with Gasteiger partial charge in [-0.1, -0.05) is 54.4 Å². The zero-order chi connectivity index (χ0) is 33.4. The van der Waals surface area contributed by atoms with Crippen molar-refractivity contribution in [1.82, 2.24) is 20.9 Å². The summed E-state index contributed by atoms with van der Waals surface area (Å²) in [7, 11) is 0. The molecule has 0 radical (unpaired) electrons. The average molecular weight is 614 g/mol. The first-order valence-corrected chi connectivity index (χ1v) is 15.7. The van der Waals surface area contributed by atoms with Crippen molar-refractivity contribution in [3.05, 3.63) is 0 Å². The molecule has 0 bridgehead atoms. The van der Waals surface area contributed by atoms with Crippen LogP contribution < -0.4 is 21.7 Å². The number of terminal acetylenes is 1. The fourth-order valence-corrected chi connectivity index (χ4v) is 6.01. The van der Waals surface area contributed by atoms with E-state index in [1.165, 1.54) is 4.90 Å². The van der Waals surface area contributed by atoms with Gasteiger partial charge in [0.25, 0.3) is 5.91 Å². The molecule has 1 saturated heterocycles. The van der Waals surface area contributed by atoms with Crippen molar-refractivity contribution >= 4 is 35.3 Å². The maximum absolute atomic E-state index is 14.3. The normalized spacial score (nSPS) is 22.7. The second-order valence-electron chi connectivity index (χ2n) is 15.6. The number of Topliss-reactive ketones (excluding diaryl/α,β-unsaturated/α-hetero) is 2. The number of primary amides is 1. The minimum absolute atomic E-state index is 0.0202. The van der Waals surface area contributed by atoms with E-state index in [0.717, 1.165) is 25.7 Å². The number of ketones is 2. The number of hydrogen-bond donors (Lipinski definition) is 4. The zero-order valence-electron chi connectivity index (χ0n) is 27.5. The Kier molecular flexibility index (Phi) is 10.3. The monoisotopic (exact) mass is 613 g/mol. The van der Waals surface area contributed by atoms with Crippen LogP contribution in [0.5, 0.6) is 0 Å². The van der Waals surface area contributed by atoms with Gasteiger partial charge in [0, 0.05) is 23.8 Å². The summed E-state index contributed by atoms with van der Waals surface area (Å²) < 4.78 is 0. The summed E-state index contributed by atoms with van der Waals surface area (Å²) in [6.07, 6.45) is 9.97. The van der Waals surface area contributed by atoms with Gasteiger partial charge >= 0.3 is 6.03 Å². The third-order valence-corrected chi connectivity index (χ3v) is 9.18. The van der Waals surface area contributed by atoms with Crippen LogP contribution in [0.2, 0.25) is 0 Å². The first-order chi connectivity index (χ1) is 20.2. The fourth-order valence-electron chi connectivity index (χ4n) is 6.01. The standard InChI is InChI=1S/C33H51N5O6/c1-10-33(8,9)20-15-16-38(22(20)28(42)35-21(17-18-11-12-18)24(40)27(34)41)29(43)26(32(5,6)7)37-30(44)36-25(31(2,3)4)23(39)19-13-14-19/h1,18-22,25-26H,11-17H2,2-9H3,(H2,34,41)(H,35,42)(H2,36,37,44)/t20-,21?,22-,25+,26+/m0/s1. The summed E-state index contributed by atoms with van der Waals surface area (Å²) in [5.41, 5.74) is 3.19. The van der Waals surface area contributed by atoms with E-state index < -0.39 is 75.9 Å². The summed E-state index contributed by atoms with van der Waals surface area (Å²) in [4.78, 5) is 80.5. The minimum Gasteiger partial charge on any atom is -0.363 e. The molecule has 44 heavy (non-hydrogen) atoms. The Hall–Kier alpha value is -3.42. The van der Waals surface area contributed by atoms with Gasteiger partial charge in [-0.25, -0.2) is 4.79 Å². The predicted molar refractivity (Wildman–Crippen MR) is 166 cm³/mol. The van der Waals surface area contributed by atoms with Crippen LogP contribution in [-0.2, 0) is 24.0 Å². The van der Waals surface area contributed by atoms with E-state index in [4.69, 9.17) is 12.2 Å². The molecule has 5 atom stereocenters. The molecule has 1 unspecified atom stereocenters. The molecule has 1 aliphatic heterocycles. The smallest absolute Gasteiger partial charge is 0.316 e. The maximum atomic E-state index is 14.3. The summed E-state index contributed by atoms with van der Waals surface area (Å²) >= 11 is 0. The van der Waals surface area contributed by atoms with Gasteiger partial charge in [0.2, 0.25) is 17.6 Å². The Morgan fingerprint density at radius 2 is 1.39 bits per heavy atom. The van der Waals surface area contributed by atoms with Crippen molar-refractivity contribution < 1.29 is 28.8 Å². The molecule has 5 amide bonds. The third-order valence-electron chi connectivity index (χ3n) is 9.18. The van der Waals surface area contributed by atoms with E-state index >= 15 is 0 Å². The van der Waals surface area contributed by atoms with Crippen LogP contribution in [0, 0.1) is 46.3 Å². The lowest BCUT2D eigenvalue weighted by molar-refractivity contribution is -0.144. The molecule has 11 nitrogen and oxygen atoms in total. The van der Waals surface area contributed by atoms with Crippen molar-refractivity contribution in [2.24, 2.45) is 39.7 Å². The van der Waals surface area contributed by atoms with Gasteiger partial charge in [-0.3, -0.25) is 24.0 Å². The number of rotatable bonds is 12. The molecule has 1 heterocycles. The minimum atomic E-state index is -1.13. The Balaban J connectivity index is 1.89. The lowest BCUT2D eigenvalue weighted by Gasteiger charge is -2.39. The third kappa shape index (κ3) is 8.39. The number of carbonyl (C=O) groups excluding carboxylic acids is 6. The molecule has 11 heteroatoms. The van der Waals surface area contributed by atoms with Gasteiger partial charge in [-0.2, -0.15) is 0 Å². The lowest BCUT2D eigenvalue weighted by atomic mass is 9.75. The molecule has 2 saturated carbocycles. The maximum Gasteiger partial charge on any atom is 0.316 e. The van der Waals surface area contributed by atoms with Crippen LogP contribution >= 0.6 is 0 Å². The van der Waals surface area contributed by atoms with E-state index in [1.54, 1.807) is 20.8 Å². The first kappa shape index (κ1) is 35.1. The summed E-state index contributed by atoms with van der Waals surface area (Å²) in [5, 5.41) is 8.35. The second-order valence-corrected chi connectivity index (χ2v) is 15.6. The highest BCUT2D eigenvalue weighted by molar-refractivity contribution is 6.37. The molecule has 0 spiro atoms. The molecular formula is C33H51N5O6. The SMILES string of the molecule is C#CC(C)(C)[C@H]1CCN(C(=O)[C@@H](NC(=O)N[C@H](C(=O)C2CC2)C(C)(C)C)C(C)(C)C)[C@@H]1C(=O)NC(CC1CC1)C(=O)C(N)=O. The van der Waals surface area contributed by atoms with Crippen LogP contribution in [0.3, 0.4) is 0 Å². The molecule has 3 fully saturated rings. The quantitative estimate of drug-likeness (QED) is 0.195. The van der Waals surface area contributed by atoms with Crippen LogP contribution in [0.1, 0.15) is 93.9 Å². The summed E-state index contributed by atoms with van der Waals surface area (Å²) in [6, 6.07) is -4.59. The van der Waals surface area contributed by atoms with Gasteiger partial charge in [0.05, 0.1) is 12.1 Å². The summed E-state index contributed by atoms with van der Waals surface area (Å²) in [5.74, 6) is -0.680. The number of nitrogens with one attached hydrogen (secondary N) is 3. The number of likely N-dealkylation sites (tertiary alicyclic amines) is 1. The molecule has 3 aliphatic rings. The molecule has 2 aliphatic carbocycles. The van der Waals surface area contributed by atoms with E-state index in [0.29, 0.717) is 6.42 Å². The topological polar surface area (TPSA) is 168 Å². The highest BCUT2D eigenvalue weighted by Crippen LogP contribution is 2.40. The number of nitrogens with two attached hydrogens (primary N) is 1. The van der Waals surface area contributed by atoms with Crippen LogP contribution in [0.15, 0.2) is 0 Å². The van der Waals surface area contributed by atoms with E-state index in [9.17, 15) is 28.8 Å². The highest BCUT2D eigenvalue weighted by atomic mass is 16.2. The predicted octanol–water partition coefficient (Wildman–Crippen LogP) is 2.31. The molecule has 5 N–H and O–H groups in total. The number of nitrogens with zero attached hydrogens (tertiary/aromatic N) is 1. The molecular weight excluding hydrogens is 562 g/mol. The van der Waals surface area contributed by atoms with Crippen molar-refractivity contribution in [2.45, 2.75) is 118 Å². The molecule has 0 aromatic carbocycles. The van der Waals surface area contributed by atoms with Gasteiger partial charge < -0.3 is 26.6 Å².